The van der Waals surface area contributed by atoms with Crippen LogP contribution in [0.15, 0.2) is 79.3 Å². The van der Waals surface area contributed by atoms with Crippen molar-refractivity contribution < 1.29 is 4.57 Å². The second-order valence-corrected chi connectivity index (χ2v) is 6.17. The zero-order valence-corrected chi connectivity index (χ0v) is 13.9. The predicted octanol–water partition coefficient (Wildman–Crippen LogP) is 4.70. The van der Waals surface area contributed by atoms with Gasteiger partial charge in [0.25, 0.3) is 0 Å². The number of aromatic nitrogens is 2. The number of aryl methyl sites for hydroxylation is 2. The molecule has 0 spiro atoms. The first-order chi connectivity index (χ1) is 11.7. The third kappa shape index (κ3) is 2.56. The molecule has 0 amide bonds. The van der Waals surface area contributed by atoms with E-state index in [-0.39, 0.29) is 0 Å². The lowest BCUT2D eigenvalue weighted by Gasteiger charge is -2.07. The lowest BCUT2D eigenvalue weighted by atomic mass is 10.00. The van der Waals surface area contributed by atoms with Crippen molar-refractivity contribution >= 4 is 10.8 Å². The molecule has 0 N–H and O–H groups in total. The van der Waals surface area contributed by atoms with Gasteiger partial charge in [-0.15, -0.1) is 0 Å². The van der Waals surface area contributed by atoms with Crippen molar-refractivity contribution in [1.29, 1.82) is 0 Å². The van der Waals surface area contributed by atoms with Gasteiger partial charge in [-0.2, -0.15) is 0 Å². The predicted molar refractivity (Wildman–Crippen MR) is 98.5 cm³/mol. The van der Waals surface area contributed by atoms with E-state index in [1.54, 1.807) is 6.20 Å². The van der Waals surface area contributed by atoms with Crippen molar-refractivity contribution in [2.24, 2.45) is 7.05 Å². The molecular formula is C22H19N2+. The van der Waals surface area contributed by atoms with Crippen LogP contribution in [0.1, 0.15) is 5.56 Å². The van der Waals surface area contributed by atoms with Crippen LogP contribution in [-0.2, 0) is 7.05 Å². The third-order valence-corrected chi connectivity index (χ3v) is 4.51. The zero-order chi connectivity index (χ0) is 16.5. The number of rotatable bonds is 2. The van der Waals surface area contributed by atoms with Crippen LogP contribution in [0.3, 0.4) is 0 Å². The lowest BCUT2D eigenvalue weighted by Crippen LogP contribution is -2.30. The smallest absolute Gasteiger partial charge is 0.213 e. The quantitative estimate of drug-likeness (QED) is 0.490. The number of pyridine rings is 2. The molecule has 0 unspecified atom stereocenters. The van der Waals surface area contributed by atoms with Crippen molar-refractivity contribution in [3.63, 3.8) is 0 Å². The lowest BCUT2D eigenvalue weighted by molar-refractivity contribution is -0.659. The highest BCUT2D eigenvalue weighted by Crippen LogP contribution is 2.27. The summed E-state index contributed by atoms with van der Waals surface area (Å²) in [6.45, 7) is 2.16. The Labute approximate surface area is 142 Å². The normalized spacial score (nSPS) is 10.9. The minimum absolute atomic E-state index is 1.14. The summed E-state index contributed by atoms with van der Waals surface area (Å²) in [6, 6.07) is 21.4. The molecule has 2 aromatic heterocycles. The molecule has 4 aromatic rings. The van der Waals surface area contributed by atoms with E-state index < -0.39 is 0 Å². The van der Waals surface area contributed by atoms with Crippen LogP contribution in [0.5, 0.6) is 0 Å². The summed E-state index contributed by atoms with van der Waals surface area (Å²) in [5, 5.41) is 2.48. The van der Waals surface area contributed by atoms with Gasteiger partial charge in [-0.1, -0.05) is 36.4 Å². The van der Waals surface area contributed by atoms with Gasteiger partial charge in [-0.05, 0) is 41.6 Å². The summed E-state index contributed by atoms with van der Waals surface area (Å²) in [4.78, 5) is 4.22. The van der Waals surface area contributed by atoms with E-state index in [9.17, 15) is 0 Å². The summed E-state index contributed by atoms with van der Waals surface area (Å²) < 4.78 is 2.21. The van der Waals surface area contributed by atoms with E-state index >= 15 is 0 Å². The number of hydrogen-bond acceptors (Lipinski definition) is 1. The fourth-order valence-corrected chi connectivity index (χ4v) is 3.19. The van der Waals surface area contributed by atoms with E-state index in [1.165, 1.54) is 33.2 Å². The second kappa shape index (κ2) is 5.89. The van der Waals surface area contributed by atoms with Crippen molar-refractivity contribution in [3.05, 3.63) is 84.8 Å². The average Bonchev–Trinajstić information content (AvgIpc) is 2.62. The van der Waals surface area contributed by atoms with Gasteiger partial charge in [0.05, 0.1) is 0 Å². The van der Waals surface area contributed by atoms with Gasteiger partial charge in [0.2, 0.25) is 5.69 Å². The SMILES string of the molecule is Cc1ccccc1-c1cc2ccc(-c3cccnc3)cc2c[n+]1C. The van der Waals surface area contributed by atoms with E-state index in [0.29, 0.717) is 0 Å². The molecule has 24 heavy (non-hydrogen) atoms. The molecule has 0 aliphatic rings. The Morgan fingerprint density at radius 2 is 1.71 bits per heavy atom. The number of fused-ring (bicyclic) bond motifs is 1. The molecule has 0 saturated heterocycles. The Morgan fingerprint density at radius 3 is 2.50 bits per heavy atom. The van der Waals surface area contributed by atoms with Crippen LogP contribution in [0.4, 0.5) is 0 Å². The Bertz CT molecular complexity index is 1020. The topological polar surface area (TPSA) is 16.8 Å². The van der Waals surface area contributed by atoms with Gasteiger partial charge >= 0.3 is 0 Å². The first-order valence-electron chi connectivity index (χ1n) is 8.12. The maximum Gasteiger partial charge on any atom is 0.213 e. The molecule has 2 heterocycles. The molecule has 116 valence electrons. The minimum atomic E-state index is 1.14. The van der Waals surface area contributed by atoms with Gasteiger partial charge in [-0.3, -0.25) is 4.98 Å². The second-order valence-electron chi connectivity index (χ2n) is 6.17. The standard InChI is InChI=1S/C22H19N2/c1-16-6-3-4-8-21(16)22-13-18-10-9-17(12-20(18)15-24(22)2)19-7-5-11-23-14-19/h3-15H,1-2H3/q+1. The number of benzene rings is 2. The van der Waals surface area contributed by atoms with Crippen LogP contribution in [-0.4, -0.2) is 4.98 Å². The monoisotopic (exact) mass is 311 g/mol. The van der Waals surface area contributed by atoms with Crippen molar-refractivity contribution in [3.8, 4) is 22.4 Å². The van der Waals surface area contributed by atoms with Crippen molar-refractivity contribution in [2.75, 3.05) is 0 Å². The average molecular weight is 311 g/mol. The van der Waals surface area contributed by atoms with E-state index in [1.807, 2.05) is 12.3 Å². The molecule has 0 aliphatic carbocycles. The molecule has 0 bridgehead atoms. The maximum absolute atomic E-state index is 4.22. The molecular weight excluding hydrogens is 292 g/mol. The highest BCUT2D eigenvalue weighted by molar-refractivity contribution is 5.88. The molecule has 2 aromatic carbocycles. The summed E-state index contributed by atoms with van der Waals surface area (Å²) >= 11 is 0. The first kappa shape index (κ1) is 14.6. The molecule has 0 radical (unpaired) electrons. The Kier molecular flexibility index (Phi) is 3.58. The number of hydrogen-bond donors (Lipinski definition) is 0. The van der Waals surface area contributed by atoms with Gasteiger partial charge in [0.15, 0.2) is 6.20 Å². The minimum Gasteiger partial charge on any atom is -0.264 e. The van der Waals surface area contributed by atoms with Gasteiger partial charge < -0.3 is 0 Å². The third-order valence-electron chi connectivity index (χ3n) is 4.51. The van der Waals surface area contributed by atoms with Crippen LogP contribution >= 0.6 is 0 Å². The van der Waals surface area contributed by atoms with Crippen LogP contribution in [0, 0.1) is 6.92 Å². The van der Waals surface area contributed by atoms with E-state index in [2.05, 4.69) is 84.3 Å². The van der Waals surface area contributed by atoms with Crippen LogP contribution < -0.4 is 4.57 Å². The zero-order valence-electron chi connectivity index (χ0n) is 13.9. The molecule has 0 atom stereocenters. The van der Waals surface area contributed by atoms with Crippen LogP contribution in [0.25, 0.3) is 33.2 Å². The molecule has 2 heteroatoms. The largest absolute Gasteiger partial charge is 0.264 e. The van der Waals surface area contributed by atoms with E-state index in [0.717, 1.165) is 5.56 Å². The molecule has 0 aliphatic heterocycles. The van der Waals surface area contributed by atoms with Crippen molar-refractivity contribution in [2.45, 2.75) is 6.92 Å². The highest BCUT2D eigenvalue weighted by atomic mass is 14.9. The maximum atomic E-state index is 4.22. The Balaban J connectivity index is 1.87. The van der Waals surface area contributed by atoms with Gasteiger partial charge in [0, 0.05) is 35.0 Å². The van der Waals surface area contributed by atoms with Gasteiger partial charge in [0.1, 0.15) is 7.05 Å². The summed E-state index contributed by atoms with van der Waals surface area (Å²) in [5.74, 6) is 0. The Hall–Kier alpha value is -3.00. The fraction of sp³-hybridized carbons (Fsp3) is 0.0909. The molecule has 0 fully saturated rings. The van der Waals surface area contributed by atoms with Crippen LogP contribution in [0.2, 0.25) is 0 Å². The molecule has 2 nitrogen and oxygen atoms in total. The van der Waals surface area contributed by atoms with Gasteiger partial charge in [-0.25, -0.2) is 4.57 Å². The Morgan fingerprint density at radius 1 is 0.833 bits per heavy atom. The van der Waals surface area contributed by atoms with E-state index in [4.69, 9.17) is 0 Å². The number of nitrogens with zero attached hydrogens (tertiary/aromatic N) is 2. The van der Waals surface area contributed by atoms with Crippen molar-refractivity contribution in [1.82, 2.24) is 4.98 Å². The summed E-state index contributed by atoms with van der Waals surface area (Å²) in [6.07, 6.45) is 5.92. The molecule has 4 rings (SSSR count). The summed E-state index contributed by atoms with van der Waals surface area (Å²) in [7, 11) is 2.11. The summed E-state index contributed by atoms with van der Waals surface area (Å²) in [5.41, 5.74) is 6.14. The fourth-order valence-electron chi connectivity index (χ4n) is 3.19. The first-order valence-corrected chi connectivity index (χ1v) is 8.12. The highest BCUT2D eigenvalue weighted by Gasteiger charge is 2.14. The molecule has 0 saturated carbocycles.